The maximum Gasteiger partial charge on any atom is 0.323 e. The third-order valence-electron chi connectivity index (χ3n) is 1.96. The van der Waals surface area contributed by atoms with Crippen LogP contribution in [0.3, 0.4) is 0 Å². The Morgan fingerprint density at radius 1 is 1.31 bits per heavy atom. The molecule has 0 saturated carbocycles. The molecule has 1 atom stereocenters. The van der Waals surface area contributed by atoms with Gasteiger partial charge in [0.15, 0.2) is 0 Å². The number of carbonyl (C=O) groups is 1. The van der Waals surface area contributed by atoms with Crippen LogP contribution in [0.15, 0.2) is 0 Å². The van der Waals surface area contributed by atoms with Crippen LogP contribution in [0.2, 0.25) is 0 Å². The summed E-state index contributed by atoms with van der Waals surface area (Å²) >= 11 is 0. The topological polar surface area (TPSA) is 72.5 Å². The third kappa shape index (κ3) is 6.79. The smallest absolute Gasteiger partial charge is 0.323 e. The molecule has 0 spiro atoms. The second-order valence-corrected chi connectivity index (χ2v) is 5.97. The highest BCUT2D eigenvalue weighted by molar-refractivity contribution is 7.89. The first-order valence-corrected chi connectivity index (χ1v) is 7.10. The molecule has 0 radical (unpaired) electrons. The van der Waals surface area contributed by atoms with Crippen molar-refractivity contribution < 1.29 is 17.9 Å². The maximum atomic E-state index is 11.5. The van der Waals surface area contributed by atoms with Crippen molar-refractivity contribution >= 4 is 16.0 Å². The monoisotopic (exact) mass is 251 g/mol. The highest BCUT2D eigenvalue weighted by Crippen LogP contribution is 2.02. The van der Waals surface area contributed by atoms with E-state index in [4.69, 9.17) is 4.74 Å². The average Bonchev–Trinajstić information content (AvgIpc) is 2.14. The Balaban J connectivity index is 4.20. The number of hydrogen-bond donors (Lipinski definition) is 1. The standard InChI is InChI=1S/C10H21NO4S/c1-5-15-10(12)9(4)11-16(13,14)7-6-8(2)3/h8-9,11H,5-7H2,1-4H3. The van der Waals surface area contributed by atoms with Gasteiger partial charge in [0.25, 0.3) is 0 Å². The predicted octanol–water partition coefficient (Wildman–Crippen LogP) is 0.903. The lowest BCUT2D eigenvalue weighted by Crippen LogP contribution is -2.40. The quantitative estimate of drug-likeness (QED) is 0.682. The predicted molar refractivity (Wildman–Crippen MR) is 62.5 cm³/mol. The normalized spacial score (nSPS) is 13.8. The van der Waals surface area contributed by atoms with Gasteiger partial charge in [-0.3, -0.25) is 4.79 Å². The molecule has 0 aliphatic carbocycles. The van der Waals surface area contributed by atoms with E-state index in [9.17, 15) is 13.2 Å². The van der Waals surface area contributed by atoms with E-state index >= 15 is 0 Å². The van der Waals surface area contributed by atoms with Gasteiger partial charge in [0.1, 0.15) is 6.04 Å². The second-order valence-electron chi connectivity index (χ2n) is 4.09. The van der Waals surface area contributed by atoms with E-state index in [0.29, 0.717) is 12.3 Å². The number of sulfonamides is 1. The summed E-state index contributed by atoms with van der Waals surface area (Å²) < 4.78 is 30.1. The minimum Gasteiger partial charge on any atom is -0.465 e. The molecule has 1 unspecified atom stereocenters. The van der Waals surface area contributed by atoms with Crippen molar-refractivity contribution in [2.75, 3.05) is 12.4 Å². The molecule has 0 aromatic rings. The molecule has 0 saturated heterocycles. The van der Waals surface area contributed by atoms with Crippen molar-refractivity contribution in [1.82, 2.24) is 4.72 Å². The summed E-state index contributed by atoms with van der Waals surface area (Å²) in [6.07, 6.45) is 0.574. The highest BCUT2D eigenvalue weighted by atomic mass is 32.2. The highest BCUT2D eigenvalue weighted by Gasteiger charge is 2.20. The number of carbonyl (C=O) groups excluding carboxylic acids is 1. The molecule has 0 aliphatic heterocycles. The summed E-state index contributed by atoms with van der Waals surface area (Å²) in [6.45, 7) is 7.30. The number of hydrogen-bond acceptors (Lipinski definition) is 4. The van der Waals surface area contributed by atoms with Gasteiger partial charge in [0.05, 0.1) is 12.4 Å². The Hall–Kier alpha value is -0.620. The molecular weight excluding hydrogens is 230 g/mol. The van der Waals surface area contributed by atoms with Crippen LogP contribution < -0.4 is 4.72 Å². The largest absolute Gasteiger partial charge is 0.465 e. The summed E-state index contributed by atoms with van der Waals surface area (Å²) in [6, 6.07) is -0.822. The first-order valence-electron chi connectivity index (χ1n) is 5.45. The first kappa shape index (κ1) is 15.4. The van der Waals surface area contributed by atoms with E-state index in [-0.39, 0.29) is 12.4 Å². The van der Waals surface area contributed by atoms with Crippen molar-refractivity contribution in [1.29, 1.82) is 0 Å². The van der Waals surface area contributed by atoms with Crippen LogP contribution in [0.25, 0.3) is 0 Å². The fraction of sp³-hybridized carbons (Fsp3) is 0.900. The lowest BCUT2D eigenvalue weighted by Gasteiger charge is -2.13. The Morgan fingerprint density at radius 3 is 2.31 bits per heavy atom. The Morgan fingerprint density at radius 2 is 1.88 bits per heavy atom. The summed E-state index contributed by atoms with van der Waals surface area (Å²) in [4.78, 5) is 11.2. The van der Waals surface area contributed by atoms with E-state index in [1.807, 2.05) is 13.8 Å². The molecule has 0 aromatic heterocycles. The van der Waals surface area contributed by atoms with Crippen LogP contribution in [0.5, 0.6) is 0 Å². The molecule has 0 fully saturated rings. The van der Waals surface area contributed by atoms with Gasteiger partial charge in [-0.05, 0) is 26.2 Å². The van der Waals surface area contributed by atoms with Gasteiger partial charge in [-0.15, -0.1) is 0 Å². The lowest BCUT2D eigenvalue weighted by molar-refractivity contribution is -0.144. The van der Waals surface area contributed by atoms with Gasteiger partial charge in [0.2, 0.25) is 10.0 Å². The molecule has 0 aliphatic rings. The number of rotatable bonds is 7. The molecule has 0 bridgehead atoms. The van der Waals surface area contributed by atoms with Crippen molar-refractivity contribution in [2.45, 2.75) is 40.2 Å². The van der Waals surface area contributed by atoms with Crippen LogP contribution in [-0.2, 0) is 19.6 Å². The zero-order chi connectivity index (χ0) is 12.8. The molecule has 1 N–H and O–H groups in total. The average molecular weight is 251 g/mol. The van der Waals surface area contributed by atoms with Gasteiger partial charge in [-0.1, -0.05) is 13.8 Å². The summed E-state index contributed by atoms with van der Waals surface area (Å²) in [5.41, 5.74) is 0. The fourth-order valence-corrected chi connectivity index (χ4v) is 2.57. The fourth-order valence-electron chi connectivity index (χ4n) is 1.03. The number of esters is 1. The zero-order valence-corrected chi connectivity index (χ0v) is 11.1. The lowest BCUT2D eigenvalue weighted by atomic mass is 10.2. The molecule has 0 heterocycles. The minimum atomic E-state index is -3.39. The van der Waals surface area contributed by atoms with Crippen LogP contribution in [0, 0.1) is 5.92 Å². The van der Waals surface area contributed by atoms with Crippen molar-refractivity contribution in [3.05, 3.63) is 0 Å². The second kappa shape index (κ2) is 6.85. The van der Waals surface area contributed by atoms with Crippen molar-refractivity contribution in [3.8, 4) is 0 Å². The third-order valence-corrected chi connectivity index (χ3v) is 3.45. The molecule has 0 amide bonds. The van der Waals surface area contributed by atoms with E-state index in [1.54, 1.807) is 6.92 Å². The van der Waals surface area contributed by atoms with Gasteiger partial charge in [-0.25, -0.2) is 13.1 Å². The Kier molecular flexibility index (Phi) is 6.59. The zero-order valence-electron chi connectivity index (χ0n) is 10.3. The van der Waals surface area contributed by atoms with E-state index in [2.05, 4.69) is 4.72 Å². The molecule has 5 nitrogen and oxygen atoms in total. The first-order chi connectivity index (χ1) is 7.28. The Bertz CT molecular complexity index is 311. The molecule has 0 rings (SSSR count). The number of ether oxygens (including phenoxy) is 1. The van der Waals surface area contributed by atoms with Gasteiger partial charge in [-0.2, -0.15) is 0 Å². The molecule has 96 valence electrons. The van der Waals surface area contributed by atoms with Crippen LogP contribution >= 0.6 is 0 Å². The van der Waals surface area contributed by atoms with E-state index in [0.717, 1.165) is 0 Å². The molecule has 0 aromatic carbocycles. The van der Waals surface area contributed by atoms with Crippen molar-refractivity contribution in [3.63, 3.8) is 0 Å². The van der Waals surface area contributed by atoms with Gasteiger partial charge >= 0.3 is 5.97 Å². The summed E-state index contributed by atoms with van der Waals surface area (Å²) in [7, 11) is -3.39. The minimum absolute atomic E-state index is 0.0361. The molecule has 6 heteroatoms. The maximum absolute atomic E-state index is 11.5. The van der Waals surface area contributed by atoms with E-state index in [1.165, 1.54) is 6.92 Å². The Labute approximate surface area is 97.6 Å². The molecular formula is C10H21NO4S. The SMILES string of the molecule is CCOC(=O)C(C)NS(=O)(=O)CCC(C)C. The van der Waals surface area contributed by atoms with Crippen LogP contribution in [-0.4, -0.2) is 32.8 Å². The summed E-state index contributed by atoms with van der Waals surface area (Å²) in [5, 5.41) is 0. The summed E-state index contributed by atoms with van der Waals surface area (Å²) in [5.74, 6) is -0.195. The van der Waals surface area contributed by atoms with Crippen molar-refractivity contribution in [2.24, 2.45) is 5.92 Å². The van der Waals surface area contributed by atoms with Gasteiger partial charge < -0.3 is 4.74 Å². The van der Waals surface area contributed by atoms with Gasteiger partial charge in [0, 0.05) is 0 Å². The van der Waals surface area contributed by atoms with Crippen LogP contribution in [0.4, 0.5) is 0 Å². The number of nitrogens with one attached hydrogen (secondary N) is 1. The van der Waals surface area contributed by atoms with Crippen LogP contribution in [0.1, 0.15) is 34.1 Å². The molecule has 16 heavy (non-hydrogen) atoms. The van der Waals surface area contributed by atoms with E-state index < -0.39 is 22.0 Å².